The summed E-state index contributed by atoms with van der Waals surface area (Å²) >= 11 is 0. The van der Waals surface area contributed by atoms with Gasteiger partial charge in [0.1, 0.15) is 0 Å². The zero-order valence-electron chi connectivity index (χ0n) is 12.6. The molecule has 5 heteroatoms. The predicted molar refractivity (Wildman–Crippen MR) is 78.3 cm³/mol. The smallest absolute Gasteiger partial charge is 0.317 e. The Balaban J connectivity index is 4.67. The van der Waals surface area contributed by atoms with Crippen molar-refractivity contribution in [3.8, 4) is 0 Å². The van der Waals surface area contributed by atoms with Crippen molar-refractivity contribution in [2.24, 2.45) is 11.8 Å². The molecule has 0 aromatic heterocycles. The van der Waals surface area contributed by atoms with Gasteiger partial charge in [-0.25, -0.2) is 0 Å². The van der Waals surface area contributed by atoms with Crippen LogP contribution in [0.1, 0.15) is 39.5 Å². The molecule has 0 radical (unpaired) electrons. The fourth-order valence-corrected chi connectivity index (χ4v) is 1.71. The Hall–Kier alpha value is -2.04. The van der Waals surface area contributed by atoms with Gasteiger partial charge in [0.2, 0.25) is 0 Å². The molecule has 0 heterocycles. The number of carbonyl (C=O) groups is 4. The Kier molecular flexibility index (Phi) is 8.85. The molecule has 0 bridgehead atoms. The monoisotopic (exact) mass is 294 g/mol. The van der Waals surface area contributed by atoms with Crippen molar-refractivity contribution in [3.05, 3.63) is 25.3 Å². The first-order chi connectivity index (χ1) is 9.89. The number of esters is 2. The third-order valence-electron chi connectivity index (χ3n) is 3.20. The maximum Gasteiger partial charge on any atom is 0.317 e. The van der Waals surface area contributed by atoms with E-state index in [1.165, 1.54) is 0 Å². The molecule has 0 N–H and O–H groups in total. The van der Waals surface area contributed by atoms with Crippen LogP contribution in [-0.4, -0.2) is 23.5 Å². The van der Waals surface area contributed by atoms with E-state index in [2.05, 4.69) is 13.2 Å². The summed E-state index contributed by atoms with van der Waals surface area (Å²) < 4.78 is 4.80. The van der Waals surface area contributed by atoms with Gasteiger partial charge in [0.15, 0.2) is 11.6 Å². The molecule has 0 amide bonds. The third kappa shape index (κ3) is 6.79. The first kappa shape index (κ1) is 19.0. The topological polar surface area (TPSA) is 77.5 Å². The quantitative estimate of drug-likeness (QED) is 0.351. The van der Waals surface area contributed by atoms with Crippen molar-refractivity contribution in [2.75, 3.05) is 0 Å². The number of allylic oxidation sites excluding steroid dienone is 2. The minimum absolute atomic E-state index is 0.0332. The average Bonchev–Trinajstić information content (AvgIpc) is 2.48. The van der Waals surface area contributed by atoms with E-state index >= 15 is 0 Å². The van der Waals surface area contributed by atoms with Gasteiger partial charge in [-0.2, -0.15) is 0 Å². The second-order valence-corrected chi connectivity index (χ2v) is 4.70. The second-order valence-electron chi connectivity index (χ2n) is 4.70. The van der Waals surface area contributed by atoms with Crippen molar-refractivity contribution < 1.29 is 23.9 Å². The highest BCUT2D eigenvalue weighted by atomic mass is 16.6. The molecule has 0 saturated carbocycles. The van der Waals surface area contributed by atoms with Crippen LogP contribution in [0.5, 0.6) is 0 Å². The molecule has 116 valence electrons. The fourth-order valence-electron chi connectivity index (χ4n) is 1.71. The molecule has 2 unspecified atom stereocenters. The standard InChI is InChI=1S/C16H22O5/c1-5-11(9-13(17)7-3)15(19)21-16(20)12(6-2)10-14(18)8-4/h7-8,11-12H,3-6,9-10H2,1-2H3. The first-order valence-corrected chi connectivity index (χ1v) is 6.95. The summed E-state index contributed by atoms with van der Waals surface area (Å²) in [6.07, 6.45) is 2.97. The summed E-state index contributed by atoms with van der Waals surface area (Å²) in [5.41, 5.74) is 0. The highest BCUT2D eigenvalue weighted by molar-refractivity contribution is 5.96. The summed E-state index contributed by atoms with van der Waals surface area (Å²) in [5.74, 6) is -3.37. The maximum atomic E-state index is 11.9. The van der Waals surface area contributed by atoms with Gasteiger partial charge in [-0.3, -0.25) is 19.2 Å². The lowest BCUT2D eigenvalue weighted by atomic mass is 9.98. The molecule has 0 spiro atoms. The molecular weight excluding hydrogens is 272 g/mol. The van der Waals surface area contributed by atoms with E-state index in [1.807, 2.05) is 0 Å². The zero-order chi connectivity index (χ0) is 16.4. The molecule has 0 saturated heterocycles. The molecular formula is C16H22O5. The minimum Gasteiger partial charge on any atom is -0.393 e. The van der Waals surface area contributed by atoms with Crippen molar-refractivity contribution in [2.45, 2.75) is 39.5 Å². The van der Waals surface area contributed by atoms with Crippen LogP contribution in [-0.2, 0) is 23.9 Å². The second kappa shape index (κ2) is 9.80. The number of rotatable bonds is 10. The van der Waals surface area contributed by atoms with Crippen molar-refractivity contribution in [1.29, 1.82) is 0 Å². The van der Waals surface area contributed by atoms with Gasteiger partial charge in [-0.05, 0) is 25.0 Å². The summed E-state index contributed by atoms with van der Waals surface area (Å²) in [6.45, 7) is 10.1. The van der Waals surface area contributed by atoms with Gasteiger partial charge in [-0.1, -0.05) is 27.0 Å². The van der Waals surface area contributed by atoms with E-state index in [4.69, 9.17) is 4.74 Å². The van der Waals surface area contributed by atoms with E-state index in [1.54, 1.807) is 13.8 Å². The lowest BCUT2D eigenvalue weighted by Gasteiger charge is -2.15. The Bertz CT molecular complexity index is 396. The normalized spacial score (nSPS) is 12.9. The van der Waals surface area contributed by atoms with Gasteiger partial charge in [-0.15, -0.1) is 0 Å². The largest absolute Gasteiger partial charge is 0.393 e. The SMILES string of the molecule is C=CC(=O)CC(CC)C(=O)OC(=O)C(CC)CC(=O)C=C. The number of ether oxygens (including phenoxy) is 1. The minimum atomic E-state index is -0.734. The number of carbonyl (C=O) groups excluding carboxylic acids is 4. The Labute approximate surface area is 125 Å². The van der Waals surface area contributed by atoms with Gasteiger partial charge in [0, 0.05) is 12.8 Å². The van der Waals surface area contributed by atoms with E-state index in [9.17, 15) is 19.2 Å². The van der Waals surface area contributed by atoms with E-state index in [0.29, 0.717) is 12.8 Å². The van der Waals surface area contributed by atoms with Gasteiger partial charge < -0.3 is 4.74 Å². The molecule has 5 nitrogen and oxygen atoms in total. The molecule has 0 aliphatic heterocycles. The van der Waals surface area contributed by atoms with Crippen LogP contribution < -0.4 is 0 Å². The fraction of sp³-hybridized carbons (Fsp3) is 0.500. The van der Waals surface area contributed by atoms with Gasteiger partial charge in [0.25, 0.3) is 0 Å². The number of hydrogen-bond donors (Lipinski definition) is 0. The molecule has 0 aromatic carbocycles. The summed E-state index contributed by atoms with van der Waals surface area (Å²) in [6, 6.07) is 0. The van der Waals surface area contributed by atoms with Crippen LogP contribution in [0.4, 0.5) is 0 Å². The van der Waals surface area contributed by atoms with Crippen LogP contribution in [0.3, 0.4) is 0 Å². The molecule has 21 heavy (non-hydrogen) atoms. The predicted octanol–water partition coefficient (Wildman–Crippen LogP) is 2.40. The van der Waals surface area contributed by atoms with E-state index in [-0.39, 0.29) is 24.4 Å². The summed E-state index contributed by atoms with van der Waals surface area (Å²) in [4.78, 5) is 46.3. The van der Waals surface area contributed by atoms with Crippen molar-refractivity contribution in [3.63, 3.8) is 0 Å². The summed E-state index contributed by atoms with van der Waals surface area (Å²) in [5, 5.41) is 0. The third-order valence-corrected chi connectivity index (χ3v) is 3.20. The van der Waals surface area contributed by atoms with E-state index in [0.717, 1.165) is 12.2 Å². The van der Waals surface area contributed by atoms with Crippen LogP contribution in [0.25, 0.3) is 0 Å². The van der Waals surface area contributed by atoms with E-state index < -0.39 is 23.8 Å². The van der Waals surface area contributed by atoms with Crippen molar-refractivity contribution >= 4 is 23.5 Å². The van der Waals surface area contributed by atoms with Crippen LogP contribution in [0.2, 0.25) is 0 Å². The van der Waals surface area contributed by atoms with Crippen molar-refractivity contribution in [1.82, 2.24) is 0 Å². The Morgan fingerprint density at radius 2 is 1.19 bits per heavy atom. The summed E-state index contributed by atoms with van der Waals surface area (Å²) in [7, 11) is 0. The molecule has 0 aromatic rings. The molecule has 0 fully saturated rings. The lowest BCUT2D eigenvalue weighted by Crippen LogP contribution is -2.27. The Morgan fingerprint density at radius 1 is 0.857 bits per heavy atom. The highest BCUT2D eigenvalue weighted by Gasteiger charge is 2.27. The molecule has 0 aliphatic rings. The van der Waals surface area contributed by atoms with Crippen LogP contribution in [0.15, 0.2) is 25.3 Å². The zero-order valence-corrected chi connectivity index (χ0v) is 12.6. The number of hydrogen-bond acceptors (Lipinski definition) is 5. The number of ketones is 2. The maximum absolute atomic E-state index is 11.9. The average molecular weight is 294 g/mol. The lowest BCUT2D eigenvalue weighted by molar-refractivity contribution is -0.166. The molecule has 0 aliphatic carbocycles. The molecule has 2 atom stereocenters. The van der Waals surface area contributed by atoms with Gasteiger partial charge >= 0.3 is 11.9 Å². The first-order valence-electron chi connectivity index (χ1n) is 6.95. The Morgan fingerprint density at radius 3 is 1.43 bits per heavy atom. The van der Waals surface area contributed by atoms with Gasteiger partial charge in [0.05, 0.1) is 11.8 Å². The van der Waals surface area contributed by atoms with Crippen LogP contribution >= 0.6 is 0 Å². The molecule has 0 rings (SSSR count). The highest BCUT2D eigenvalue weighted by Crippen LogP contribution is 2.16. The van der Waals surface area contributed by atoms with Crippen LogP contribution in [0, 0.1) is 11.8 Å².